The van der Waals surface area contributed by atoms with E-state index in [0.717, 1.165) is 4.90 Å². The Morgan fingerprint density at radius 1 is 0.962 bits per heavy atom. The fourth-order valence-electron chi connectivity index (χ4n) is 4.29. The zero-order valence-corrected chi connectivity index (χ0v) is 28.1. The van der Waals surface area contributed by atoms with Gasteiger partial charge in [-0.25, -0.2) is 27.6 Å². The van der Waals surface area contributed by atoms with Crippen LogP contribution in [0, 0.1) is 17.5 Å². The summed E-state index contributed by atoms with van der Waals surface area (Å²) in [7, 11) is 1.23. The van der Waals surface area contributed by atoms with E-state index in [1.54, 1.807) is 0 Å². The molecule has 1 heterocycles. The number of benzene rings is 1. The lowest BCUT2D eigenvalue weighted by Crippen LogP contribution is -2.53. The van der Waals surface area contributed by atoms with Crippen LogP contribution in [0.15, 0.2) is 12.1 Å². The Kier molecular flexibility index (Phi) is 19.5. The van der Waals surface area contributed by atoms with E-state index in [0.29, 0.717) is 24.3 Å². The van der Waals surface area contributed by atoms with E-state index in [9.17, 15) is 63.8 Å². The number of nitrogens with one attached hydrogen (secondary N) is 2. The summed E-state index contributed by atoms with van der Waals surface area (Å²) in [5.74, 6) is -11.4. The first-order valence-corrected chi connectivity index (χ1v) is 15.8. The molecule has 0 aliphatic carbocycles. The zero-order chi connectivity index (χ0) is 40.7. The highest BCUT2D eigenvalue weighted by Gasteiger charge is 2.42. The van der Waals surface area contributed by atoms with Crippen LogP contribution in [0.25, 0.3) is 0 Å². The van der Waals surface area contributed by atoms with Crippen LogP contribution in [0.1, 0.15) is 31.7 Å². The number of halogens is 9. The topological polar surface area (TPSA) is 226 Å². The van der Waals surface area contributed by atoms with Gasteiger partial charge in [-0.3, -0.25) is 19.7 Å². The van der Waals surface area contributed by atoms with Crippen LogP contribution in [-0.2, 0) is 39.9 Å². The number of ether oxygens (including phenoxy) is 1. The number of carboxylic acid groups (broad SMARTS) is 3. The zero-order valence-electron chi connectivity index (χ0n) is 27.3. The van der Waals surface area contributed by atoms with Gasteiger partial charge in [0.1, 0.15) is 17.9 Å². The number of hydrogen-bond acceptors (Lipinski definition) is 10. The molecule has 5 atom stereocenters. The molecule has 0 spiro atoms. The number of aliphatic carboxylic acids is 3. The van der Waals surface area contributed by atoms with E-state index in [1.165, 1.54) is 25.8 Å². The van der Waals surface area contributed by atoms with E-state index in [1.807, 2.05) is 6.26 Å². The molecule has 0 aromatic heterocycles. The Labute approximate surface area is 293 Å². The number of alkyl halides is 6. The first-order chi connectivity index (χ1) is 23.8. The monoisotopic (exact) mass is 790 g/mol. The van der Waals surface area contributed by atoms with Crippen molar-refractivity contribution in [2.75, 3.05) is 25.7 Å². The van der Waals surface area contributed by atoms with Crippen molar-refractivity contribution in [1.82, 2.24) is 15.5 Å². The van der Waals surface area contributed by atoms with Gasteiger partial charge in [0, 0.05) is 37.5 Å². The number of esters is 1. The smallest absolute Gasteiger partial charge is 0.480 e. The molecule has 1 aromatic carbocycles. The number of likely N-dealkylation sites (tertiary alicyclic amines) is 1. The van der Waals surface area contributed by atoms with Gasteiger partial charge in [-0.1, -0.05) is 0 Å². The number of nitrogens with zero attached hydrogens (tertiary/aromatic N) is 1. The minimum absolute atomic E-state index is 0.0561. The van der Waals surface area contributed by atoms with E-state index >= 15 is 0 Å². The molecule has 1 aromatic rings. The molecule has 7 N–H and O–H groups in total. The molecule has 1 aliphatic heterocycles. The van der Waals surface area contributed by atoms with E-state index in [-0.39, 0.29) is 31.4 Å². The Morgan fingerprint density at radius 2 is 1.46 bits per heavy atom. The number of carbonyl (C=O) groups is 6. The number of carbonyl (C=O) groups excluding carboxylic acids is 3. The second-order valence-corrected chi connectivity index (χ2v) is 11.7. The summed E-state index contributed by atoms with van der Waals surface area (Å²) in [6.45, 7) is 1.42. The Balaban J connectivity index is 0.00000156. The maximum Gasteiger partial charge on any atom is 0.490 e. The van der Waals surface area contributed by atoms with Gasteiger partial charge in [-0.05, 0) is 43.4 Å². The standard InChI is InChI=1S/C24H33F3N4O6S.2C2HF3O2/c1-12(29-19(4-5-38-3)24(36)37-2)22(33)31-11-15(9-20(31)23(34)35)30-21(32)8-14(28)6-13-7-17(26)18(27)10-16(13)25;2*3-2(4,5)1(6)7/h7,10,12,14-15,19-20,29H,4-6,8-9,11,28H2,1-3H3,(H,30,32)(H,34,35);2*(H,6,7)/t12-,14+,15-,19?,20-;;/m0../s1. The second kappa shape index (κ2) is 21.3. The summed E-state index contributed by atoms with van der Waals surface area (Å²) in [4.78, 5) is 68.4. The van der Waals surface area contributed by atoms with Crippen LogP contribution in [0.3, 0.4) is 0 Å². The molecule has 24 heteroatoms. The van der Waals surface area contributed by atoms with Crippen molar-refractivity contribution in [3.8, 4) is 0 Å². The quantitative estimate of drug-likeness (QED) is 0.0958. The minimum Gasteiger partial charge on any atom is -0.480 e. The number of hydrogen-bond donors (Lipinski definition) is 6. The first kappa shape index (κ1) is 47.7. The molecule has 1 aliphatic rings. The normalized spacial score (nSPS) is 17.3. The maximum atomic E-state index is 13.9. The van der Waals surface area contributed by atoms with Crippen LogP contribution in [0.2, 0.25) is 0 Å². The summed E-state index contributed by atoms with van der Waals surface area (Å²) in [6.07, 6.45) is -8.48. The second-order valence-electron chi connectivity index (χ2n) is 10.7. The average molecular weight is 791 g/mol. The van der Waals surface area contributed by atoms with Crippen molar-refractivity contribution in [1.29, 1.82) is 0 Å². The number of carboxylic acids is 3. The van der Waals surface area contributed by atoms with Crippen LogP contribution in [0.5, 0.6) is 0 Å². The predicted octanol–water partition coefficient (Wildman–Crippen LogP) is 2.07. The summed E-state index contributed by atoms with van der Waals surface area (Å²) < 4.78 is 109. The number of amides is 2. The van der Waals surface area contributed by atoms with Crippen molar-refractivity contribution in [3.63, 3.8) is 0 Å². The Hall–Kier alpha value is -4.32. The van der Waals surface area contributed by atoms with Crippen LogP contribution < -0.4 is 16.4 Å². The van der Waals surface area contributed by atoms with Crippen molar-refractivity contribution in [2.45, 2.75) is 75.2 Å². The minimum atomic E-state index is -5.08. The lowest BCUT2D eigenvalue weighted by Gasteiger charge is -2.27. The third-order valence-corrected chi connectivity index (χ3v) is 7.30. The van der Waals surface area contributed by atoms with Crippen LogP contribution in [0.4, 0.5) is 39.5 Å². The first-order valence-electron chi connectivity index (χ1n) is 14.4. The third-order valence-electron chi connectivity index (χ3n) is 6.66. The molecule has 2 amide bonds. The van der Waals surface area contributed by atoms with E-state index in [2.05, 4.69) is 10.6 Å². The molecule has 14 nitrogen and oxygen atoms in total. The lowest BCUT2D eigenvalue weighted by molar-refractivity contribution is -0.193. The number of nitrogens with two attached hydrogens (primary N) is 1. The van der Waals surface area contributed by atoms with E-state index in [4.69, 9.17) is 30.3 Å². The summed E-state index contributed by atoms with van der Waals surface area (Å²) in [5, 5.41) is 29.4. The van der Waals surface area contributed by atoms with Crippen molar-refractivity contribution in [3.05, 3.63) is 35.1 Å². The van der Waals surface area contributed by atoms with Crippen molar-refractivity contribution in [2.24, 2.45) is 5.73 Å². The van der Waals surface area contributed by atoms with Crippen LogP contribution >= 0.6 is 11.8 Å². The summed E-state index contributed by atoms with van der Waals surface area (Å²) >= 11 is 1.51. The molecule has 2 rings (SSSR count). The summed E-state index contributed by atoms with van der Waals surface area (Å²) in [5.41, 5.74) is 5.71. The van der Waals surface area contributed by atoms with Crippen molar-refractivity contribution >= 4 is 47.5 Å². The van der Waals surface area contributed by atoms with Gasteiger partial charge >= 0.3 is 36.2 Å². The number of thioether (sulfide) groups is 1. The molecule has 1 fully saturated rings. The average Bonchev–Trinajstić information content (AvgIpc) is 3.44. The number of rotatable bonds is 13. The van der Waals surface area contributed by atoms with Gasteiger partial charge in [0.15, 0.2) is 11.6 Å². The molecule has 52 heavy (non-hydrogen) atoms. The summed E-state index contributed by atoms with van der Waals surface area (Å²) in [6, 6.07) is -3.40. The Bertz CT molecular complexity index is 1400. The number of methoxy groups -OCH3 is 1. The highest BCUT2D eigenvalue weighted by atomic mass is 32.2. The molecule has 296 valence electrons. The van der Waals surface area contributed by atoms with Gasteiger partial charge in [0.05, 0.1) is 13.2 Å². The molecular formula is C28H35F9N4O10S. The van der Waals surface area contributed by atoms with Crippen molar-refractivity contribution < 1.29 is 88.3 Å². The van der Waals surface area contributed by atoms with Gasteiger partial charge in [-0.15, -0.1) is 0 Å². The van der Waals surface area contributed by atoms with Gasteiger partial charge in [-0.2, -0.15) is 38.1 Å². The highest BCUT2D eigenvalue weighted by Crippen LogP contribution is 2.21. The molecule has 0 saturated carbocycles. The fourth-order valence-corrected chi connectivity index (χ4v) is 4.76. The molecule has 0 bridgehead atoms. The maximum absolute atomic E-state index is 13.9. The lowest BCUT2D eigenvalue weighted by atomic mass is 10.0. The van der Waals surface area contributed by atoms with E-state index < -0.39 is 95.7 Å². The molecule has 0 radical (unpaired) electrons. The Morgan fingerprint density at radius 3 is 1.90 bits per heavy atom. The largest absolute Gasteiger partial charge is 0.490 e. The van der Waals surface area contributed by atoms with Gasteiger partial charge < -0.3 is 36.0 Å². The fraction of sp³-hybridized carbons (Fsp3) is 0.571. The van der Waals surface area contributed by atoms with Crippen LogP contribution in [-0.4, -0.2) is 124 Å². The predicted molar refractivity (Wildman–Crippen MR) is 161 cm³/mol. The van der Waals surface area contributed by atoms with Gasteiger partial charge in [0.25, 0.3) is 0 Å². The molecular weight excluding hydrogens is 755 g/mol. The third kappa shape index (κ3) is 16.8. The molecule has 1 unspecified atom stereocenters. The molecule has 1 saturated heterocycles. The SMILES string of the molecule is COC(=O)C(CCSC)N[C@@H](C)C(=O)N1C[C@@H](NC(=O)C[C@H](N)Cc2cc(F)c(F)cc2F)C[C@H]1C(=O)O.O=C(O)C(F)(F)F.O=C(O)C(F)(F)F. The van der Waals surface area contributed by atoms with Gasteiger partial charge in [0.2, 0.25) is 11.8 Å². The highest BCUT2D eigenvalue weighted by molar-refractivity contribution is 7.98.